The highest BCUT2D eigenvalue weighted by Crippen LogP contribution is 2.30. The van der Waals surface area contributed by atoms with E-state index in [0.29, 0.717) is 12.8 Å². The molecule has 0 amide bonds. The number of hydrogen-bond donors (Lipinski definition) is 0. The Hall–Kier alpha value is -0.760. The van der Waals surface area contributed by atoms with Gasteiger partial charge in [-0.1, -0.05) is 0 Å². The summed E-state index contributed by atoms with van der Waals surface area (Å²) < 4.78 is 39.2. The first-order valence-electron chi connectivity index (χ1n) is 3.59. The number of hydrogen-bond acceptors (Lipinski definition) is 2. The largest absolute Gasteiger partial charge is 0.411 e. The molecule has 1 saturated carbocycles. The van der Waals surface area contributed by atoms with E-state index < -0.39 is 12.8 Å². The second-order valence-electron chi connectivity index (χ2n) is 2.85. The Labute approximate surface area is 67.9 Å². The summed E-state index contributed by atoms with van der Waals surface area (Å²) in [7, 11) is 0. The lowest BCUT2D eigenvalue weighted by atomic mass is 9.83. The maximum atomic E-state index is 11.6. The molecule has 0 N–H and O–H groups in total. The van der Waals surface area contributed by atoms with E-state index >= 15 is 0 Å². The van der Waals surface area contributed by atoms with E-state index in [2.05, 4.69) is 4.74 Å². The van der Waals surface area contributed by atoms with E-state index in [9.17, 15) is 13.2 Å². The van der Waals surface area contributed by atoms with Gasteiger partial charge in [0.05, 0.1) is 18.1 Å². The monoisotopic (exact) mass is 179 g/mol. The van der Waals surface area contributed by atoms with Gasteiger partial charge in [0.25, 0.3) is 0 Å². The van der Waals surface area contributed by atoms with Crippen molar-refractivity contribution in [2.45, 2.75) is 25.1 Å². The van der Waals surface area contributed by atoms with Crippen molar-refractivity contribution in [2.24, 2.45) is 5.92 Å². The lowest BCUT2D eigenvalue weighted by molar-refractivity contribution is -0.195. The minimum Gasteiger partial charge on any atom is -0.369 e. The van der Waals surface area contributed by atoms with E-state index in [4.69, 9.17) is 5.26 Å². The molecule has 0 spiro atoms. The van der Waals surface area contributed by atoms with E-state index in [0.717, 1.165) is 0 Å². The van der Waals surface area contributed by atoms with Crippen molar-refractivity contribution in [1.82, 2.24) is 0 Å². The highest BCUT2D eigenvalue weighted by atomic mass is 19.4. The standard InChI is InChI=1S/C7H8F3NO/c8-7(9,10)4-12-6-1-5(2-6)3-11/h5-6H,1-2,4H2. The fourth-order valence-electron chi connectivity index (χ4n) is 1.02. The molecule has 0 atom stereocenters. The zero-order chi connectivity index (χ0) is 9.19. The van der Waals surface area contributed by atoms with Crippen molar-refractivity contribution < 1.29 is 17.9 Å². The molecular weight excluding hydrogens is 171 g/mol. The zero-order valence-corrected chi connectivity index (χ0v) is 6.27. The minimum atomic E-state index is -4.25. The Morgan fingerprint density at radius 1 is 1.42 bits per heavy atom. The van der Waals surface area contributed by atoms with Gasteiger partial charge >= 0.3 is 6.18 Å². The summed E-state index contributed by atoms with van der Waals surface area (Å²) in [6.45, 7) is -1.20. The van der Waals surface area contributed by atoms with Crippen LogP contribution < -0.4 is 0 Å². The molecule has 5 heteroatoms. The van der Waals surface area contributed by atoms with Crippen LogP contribution in [0.25, 0.3) is 0 Å². The molecule has 2 nitrogen and oxygen atoms in total. The molecule has 1 fully saturated rings. The molecule has 0 saturated heterocycles. The summed E-state index contributed by atoms with van der Waals surface area (Å²) >= 11 is 0. The van der Waals surface area contributed by atoms with Crippen LogP contribution >= 0.6 is 0 Å². The number of ether oxygens (including phenoxy) is 1. The first kappa shape index (κ1) is 9.33. The number of alkyl halides is 3. The molecule has 68 valence electrons. The Balaban J connectivity index is 2.09. The first-order chi connectivity index (χ1) is 5.51. The molecule has 0 aromatic carbocycles. The summed E-state index contributed by atoms with van der Waals surface area (Å²) in [6, 6.07) is 1.97. The van der Waals surface area contributed by atoms with Crippen LogP contribution in [0.3, 0.4) is 0 Å². The molecule has 0 heterocycles. The van der Waals surface area contributed by atoms with Crippen LogP contribution in [0, 0.1) is 17.2 Å². The first-order valence-corrected chi connectivity index (χ1v) is 3.59. The molecule has 1 aliphatic rings. The van der Waals surface area contributed by atoms with Crippen molar-refractivity contribution in [3.05, 3.63) is 0 Å². The fraction of sp³-hybridized carbons (Fsp3) is 0.857. The molecule has 0 radical (unpaired) electrons. The van der Waals surface area contributed by atoms with Gasteiger partial charge in [-0.3, -0.25) is 0 Å². The Morgan fingerprint density at radius 3 is 2.42 bits per heavy atom. The van der Waals surface area contributed by atoms with Crippen LogP contribution in [0.15, 0.2) is 0 Å². The molecule has 0 aliphatic heterocycles. The van der Waals surface area contributed by atoms with Gasteiger partial charge in [-0.25, -0.2) is 0 Å². The maximum Gasteiger partial charge on any atom is 0.411 e. The summed E-state index contributed by atoms with van der Waals surface area (Å²) in [5.41, 5.74) is 0. The highest BCUT2D eigenvalue weighted by molar-refractivity contribution is 4.94. The second-order valence-corrected chi connectivity index (χ2v) is 2.85. The van der Waals surface area contributed by atoms with Crippen molar-refractivity contribution in [3.63, 3.8) is 0 Å². The topological polar surface area (TPSA) is 33.0 Å². The minimum absolute atomic E-state index is 0.108. The molecule has 0 aromatic heterocycles. The summed E-state index contributed by atoms with van der Waals surface area (Å²) in [6.07, 6.45) is -3.74. The third kappa shape index (κ3) is 2.70. The summed E-state index contributed by atoms with van der Waals surface area (Å²) in [4.78, 5) is 0. The van der Waals surface area contributed by atoms with Crippen LogP contribution in [-0.2, 0) is 4.74 Å². The number of nitrogens with zero attached hydrogens (tertiary/aromatic N) is 1. The quantitative estimate of drug-likeness (QED) is 0.648. The lowest BCUT2D eigenvalue weighted by Crippen LogP contribution is -2.33. The molecular formula is C7H8F3NO. The molecule has 1 aliphatic carbocycles. The predicted molar refractivity (Wildman–Crippen MR) is 34.1 cm³/mol. The number of nitriles is 1. The molecule has 12 heavy (non-hydrogen) atoms. The van der Waals surface area contributed by atoms with E-state index in [1.54, 1.807) is 0 Å². The highest BCUT2D eigenvalue weighted by Gasteiger charge is 2.34. The van der Waals surface area contributed by atoms with Gasteiger partial charge in [0.15, 0.2) is 0 Å². The lowest BCUT2D eigenvalue weighted by Gasteiger charge is -2.30. The fourth-order valence-corrected chi connectivity index (χ4v) is 1.02. The van der Waals surface area contributed by atoms with Gasteiger partial charge in [-0.05, 0) is 12.8 Å². The normalized spacial score (nSPS) is 29.2. The molecule has 0 unspecified atom stereocenters. The zero-order valence-electron chi connectivity index (χ0n) is 6.27. The summed E-state index contributed by atoms with van der Waals surface area (Å²) in [5, 5.41) is 8.30. The van der Waals surface area contributed by atoms with Crippen LogP contribution in [0.5, 0.6) is 0 Å². The van der Waals surface area contributed by atoms with E-state index in [-0.39, 0.29) is 12.0 Å². The average molecular weight is 179 g/mol. The smallest absolute Gasteiger partial charge is 0.369 e. The molecule has 1 rings (SSSR count). The number of rotatable bonds is 2. The number of halogens is 3. The SMILES string of the molecule is N#CC1CC(OCC(F)(F)F)C1. The summed E-state index contributed by atoms with van der Waals surface area (Å²) in [5.74, 6) is -0.108. The Kier molecular flexibility index (Phi) is 2.58. The predicted octanol–water partition coefficient (Wildman–Crippen LogP) is 1.87. The van der Waals surface area contributed by atoms with E-state index in [1.165, 1.54) is 0 Å². The van der Waals surface area contributed by atoms with Gasteiger partial charge in [-0.15, -0.1) is 0 Å². The van der Waals surface area contributed by atoms with Crippen LogP contribution in [0.2, 0.25) is 0 Å². The molecule has 0 aromatic rings. The molecule has 0 bridgehead atoms. The van der Waals surface area contributed by atoms with Crippen molar-refractivity contribution in [3.8, 4) is 6.07 Å². The van der Waals surface area contributed by atoms with Crippen molar-refractivity contribution >= 4 is 0 Å². The van der Waals surface area contributed by atoms with Crippen LogP contribution in [0.4, 0.5) is 13.2 Å². The average Bonchev–Trinajstić information content (AvgIpc) is 1.82. The second kappa shape index (κ2) is 3.31. The van der Waals surface area contributed by atoms with Crippen LogP contribution in [-0.4, -0.2) is 18.9 Å². The van der Waals surface area contributed by atoms with Gasteiger partial charge in [0, 0.05) is 0 Å². The Bertz CT molecular complexity index is 190. The third-order valence-electron chi connectivity index (χ3n) is 1.76. The van der Waals surface area contributed by atoms with E-state index in [1.807, 2.05) is 6.07 Å². The maximum absolute atomic E-state index is 11.6. The van der Waals surface area contributed by atoms with Gasteiger partial charge < -0.3 is 4.74 Å². The van der Waals surface area contributed by atoms with Crippen molar-refractivity contribution in [2.75, 3.05) is 6.61 Å². The van der Waals surface area contributed by atoms with Gasteiger partial charge in [-0.2, -0.15) is 18.4 Å². The van der Waals surface area contributed by atoms with Crippen LogP contribution in [0.1, 0.15) is 12.8 Å². The third-order valence-corrected chi connectivity index (χ3v) is 1.76. The van der Waals surface area contributed by atoms with Gasteiger partial charge in [0.1, 0.15) is 6.61 Å². The Morgan fingerprint density at radius 2 is 2.00 bits per heavy atom. The van der Waals surface area contributed by atoms with Gasteiger partial charge in [0.2, 0.25) is 0 Å². The van der Waals surface area contributed by atoms with Crippen molar-refractivity contribution in [1.29, 1.82) is 5.26 Å².